The molecule has 4 nitrogen and oxygen atoms in total. The zero-order valence-electron chi connectivity index (χ0n) is 16.1. The van der Waals surface area contributed by atoms with Gasteiger partial charge in [0.15, 0.2) is 0 Å². The topological polar surface area (TPSA) is 54.3 Å². The number of nitrogens with one attached hydrogen (secondary N) is 2. The molecule has 0 unspecified atom stereocenters. The van der Waals surface area contributed by atoms with Crippen LogP contribution in [0.4, 0.5) is 0 Å². The van der Waals surface area contributed by atoms with Crippen molar-refractivity contribution >= 4 is 27.6 Å². The van der Waals surface area contributed by atoms with Crippen LogP contribution in [0.15, 0.2) is 77.2 Å². The third-order valence-corrected chi connectivity index (χ3v) is 5.11. The summed E-state index contributed by atoms with van der Waals surface area (Å²) in [5.41, 5.74) is 2.03. The van der Waals surface area contributed by atoms with Gasteiger partial charge in [0, 0.05) is 11.4 Å². The molecule has 0 spiro atoms. The molecule has 0 aliphatic carbocycles. The molecule has 0 fully saturated rings. The van der Waals surface area contributed by atoms with Crippen molar-refractivity contribution in [2.75, 3.05) is 6.54 Å². The Bertz CT molecular complexity index is 1080. The normalized spacial score (nSPS) is 13.5. The van der Waals surface area contributed by atoms with Crippen LogP contribution in [0.3, 0.4) is 0 Å². The number of hydrogen-bond donors (Lipinski definition) is 2. The minimum atomic E-state index is -0.186. The predicted molar refractivity (Wildman–Crippen MR) is 113 cm³/mol. The van der Waals surface area contributed by atoms with Crippen LogP contribution in [0.1, 0.15) is 37.3 Å². The first-order valence-corrected chi connectivity index (χ1v) is 9.60. The van der Waals surface area contributed by atoms with E-state index in [1.807, 2.05) is 49.4 Å². The van der Waals surface area contributed by atoms with E-state index in [1.54, 1.807) is 0 Å². The van der Waals surface area contributed by atoms with Crippen molar-refractivity contribution in [3.8, 4) is 0 Å². The van der Waals surface area contributed by atoms with Gasteiger partial charge in [-0.2, -0.15) is 0 Å². The van der Waals surface area contributed by atoms with Gasteiger partial charge in [-0.15, -0.1) is 0 Å². The molecule has 0 bridgehead atoms. The summed E-state index contributed by atoms with van der Waals surface area (Å²) in [5.74, 6) is 0.705. The van der Waals surface area contributed by atoms with E-state index in [-0.39, 0.29) is 24.5 Å². The highest BCUT2D eigenvalue weighted by atomic mass is 16.3. The Morgan fingerprint density at radius 3 is 2.43 bits per heavy atom. The number of para-hydroxylation sites is 1. The van der Waals surface area contributed by atoms with Crippen molar-refractivity contribution in [2.45, 2.75) is 25.9 Å². The molecule has 0 aliphatic heterocycles. The summed E-state index contributed by atoms with van der Waals surface area (Å²) in [6, 6.07) is 24.3. The van der Waals surface area contributed by atoms with E-state index in [0.29, 0.717) is 0 Å². The lowest BCUT2D eigenvalue weighted by molar-refractivity contribution is -0.121. The predicted octanol–water partition coefficient (Wildman–Crippen LogP) is 5.11. The van der Waals surface area contributed by atoms with Gasteiger partial charge in [0.2, 0.25) is 5.91 Å². The smallest absolute Gasteiger partial charge is 0.234 e. The number of carbonyl (C=O) groups is 1. The number of benzene rings is 3. The quantitative estimate of drug-likeness (QED) is 0.494. The van der Waals surface area contributed by atoms with E-state index in [0.717, 1.165) is 16.7 Å². The van der Waals surface area contributed by atoms with Gasteiger partial charge in [-0.1, -0.05) is 60.7 Å². The molecule has 2 atom stereocenters. The third kappa shape index (κ3) is 3.78. The Morgan fingerprint density at radius 2 is 1.61 bits per heavy atom. The molecule has 0 aliphatic rings. The summed E-state index contributed by atoms with van der Waals surface area (Å²) in [6.45, 7) is 4.26. The van der Waals surface area contributed by atoms with Crippen molar-refractivity contribution in [1.82, 2.24) is 10.6 Å². The van der Waals surface area contributed by atoms with Crippen LogP contribution in [0.5, 0.6) is 0 Å². The van der Waals surface area contributed by atoms with Gasteiger partial charge in [-0.05, 0) is 42.3 Å². The van der Waals surface area contributed by atoms with E-state index < -0.39 is 0 Å². The summed E-state index contributed by atoms with van der Waals surface area (Å²) in [6.07, 6.45) is 0. The standard InChI is InChI=1S/C24H24N2O2/c1-16(20-12-7-10-18-8-3-5-11-21(18)20)25-15-24(27)26-17(2)23-14-19-9-4-6-13-22(19)28-23/h3-14,16-17,25H,15H2,1-2H3,(H,26,27)/t16-,17+/m0/s1. The largest absolute Gasteiger partial charge is 0.459 e. The van der Waals surface area contributed by atoms with Gasteiger partial charge in [0.05, 0.1) is 12.6 Å². The summed E-state index contributed by atoms with van der Waals surface area (Å²) < 4.78 is 5.84. The zero-order chi connectivity index (χ0) is 19.5. The van der Waals surface area contributed by atoms with E-state index in [9.17, 15) is 4.79 Å². The van der Waals surface area contributed by atoms with Gasteiger partial charge < -0.3 is 15.1 Å². The van der Waals surface area contributed by atoms with Crippen molar-refractivity contribution < 1.29 is 9.21 Å². The molecule has 4 aromatic rings. The fourth-order valence-electron chi connectivity index (χ4n) is 3.56. The Morgan fingerprint density at radius 1 is 0.893 bits per heavy atom. The second kappa shape index (κ2) is 7.87. The highest BCUT2D eigenvalue weighted by Gasteiger charge is 2.15. The van der Waals surface area contributed by atoms with E-state index >= 15 is 0 Å². The molecule has 1 heterocycles. The first-order chi connectivity index (χ1) is 13.6. The molecular formula is C24H24N2O2. The first-order valence-electron chi connectivity index (χ1n) is 9.60. The van der Waals surface area contributed by atoms with Crippen LogP contribution in [0.25, 0.3) is 21.7 Å². The number of amides is 1. The van der Waals surface area contributed by atoms with Gasteiger partial charge in [-0.3, -0.25) is 4.79 Å². The highest BCUT2D eigenvalue weighted by Crippen LogP contribution is 2.25. The van der Waals surface area contributed by atoms with Crippen LogP contribution in [0.2, 0.25) is 0 Å². The number of hydrogen-bond acceptors (Lipinski definition) is 3. The van der Waals surface area contributed by atoms with Crippen LogP contribution in [-0.2, 0) is 4.79 Å². The zero-order valence-corrected chi connectivity index (χ0v) is 16.1. The van der Waals surface area contributed by atoms with E-state index in [4.69, 9.17) is 4.42 Å². The van der Waals surface area contributed by atoms with Gasteiger partial charge >= 0.3 is 0 Å². The van der Waals surface area contributed by atoms with Crippen molar-refractivity contribution in [3.05, 3.63) is 84.1 Å². The molecule has 0 radical (unpaired) electrons. The summed E-state index contributed by atoms with van der Waals surface area (Å²) in [4.78, 5) is 12.4. The molecule has 0 saturated carbocycles. The monoisotopic (exact) mass is 372 g/mol. The van der Waals surface area contributed by atoms with Gasteiger partial charge in [0.1, 0.15) is 11.3 Å². The summed E-state index contributed by atoms with van der Waals surface area (Å²) in [7, 11) is 0. The second-order valence-electron chi connectivity index (χ2n) is 7.15. The molecule has 2 N–H and O–H groups in total. The molecule has 0 saturated heterocycles. The Kier molecular flexibility index (Phi) is 5.13. The molecule has 28 heavy (non-hydrogen) atoms. The summed E-state index contributed by atoms with van der Waals surface area (Å²) in [5, 5.41) is 9.79. The van der Waals surface area contributed by atoms with Crippen LogP contribution < -0.4 is 10.6 Å². The van der Waals surface area contributed by atoms with E-state index in [1.165, 1.54) is 16.3 Å². The van der Waals surface area contributed by atoms with Gasteiger partial charge in [-0.25, -0.2) is 0 Å². The lowest BCUT2D eigenvalue weighted by Gasteiger charge is -2.17. The maximum Gasteiger partial charge on any atom is 0.234 e. The van der Waals surface area contributed by atoms with Crippen LogP contribution in [-0.4, -0.2) is 12.5 Å². The van der Waals surface area contributed by atoms with Crippen LogP contribution >= 0.6 is 0 Å². The molecule has 142 valence electrons. The maximum atomic E-state index is 12.4. The second-order valence-corrected chi connectivity index (χ2v) is 7.15. The minimum Gasteiger partial charge on any atom is -0.459 e. The molecule has 1 aromatic heterocycles. The average molecular weight is 372 g/mol. The minimum absolute atomic E-state index is 0.0555. The average Bonchev–Trinajstić information content (AvgIpc) is 3.16. The number of carbonyl (C=O) groups excluding carboxylic acids is 1. The molecule has 4 rings (SSSR count). The first kappa shape index (κ1) is 18.3. The van der Waals surface area contributed by atoms with Crippen molar-refractivity contribution in [1.29, 1.82) is 0 Å². The van der Waals surface area contributed by atoms with E-state index in [2.05, 4.69) is 47.9 Å². The Hall–Kier alpha value is -3.11. The lowest BCUT2D eigenvalue weighted by atomic mass is 10.00. The Balaban J connectivity index is 1.38. The third-order valence-electron chi connectivity index (χ3n) is 5.11. The maximum absolute atomic E-state index is 12.4. The Labute approximate surface area is 164 Å². The molecular weight excluding hydrogens is 348 g/mol. The van der Waals surface area contributed by atoms with Crippen LogP contribution in [0, 0.1) is 0 Å². The summed E-state index contributed by atoms with van der Waals surface area (Å²) >= 11 is 0. The highest BCUT2D eigenvalue weighted by molar-refractivity contribution is 5.86. The molecule has 1 amide bonds. The number of rotatable bonds is 6. The fraction of sp³-hybridized carbons (Fsp3) is 0.208. The van der Waals surface area contributed by atoms with Crippen molar-refractivity contribution in [3.63, 3.8) is 0 Å². The number of furan rings is 1. The number of fused-ring (bicyclic) bond motifs is 2. The SMILES string of the molecule is C[C@H](NCC(=O)N[C@H](C)c1cc2ccccc2o1)c1cccc2ccccc12. The molecule has 4 heteroatoms. The van der Waals surface area contributed by atoms with Crippen molar-refractivity contribution in [2.24, 2.45) is 0 Å². The lowest BCUT2D eigenvalue weighted by Crippen LogP contribution is -2.36. The fourth-order valence-corrected chi connectivity index (χ4v) is 3.56. The molecule has 3 aromatic carbocycles. The van der Waals surface area contributed by atoms with Gasteiger partial charge in [0.25, 0.3) is 0 Å².